The molecule has 0 atom stereocenters. The quantitative estimate of drug-likeness (QED) is 0.369. The Labute approximate surface area is 177 Å². The van der Waals surface area contributed by atoms with Crippen molar-refractivity contribution in [3.63, 3.8) is 0 Å². The van der Waals surface area contributed by atoms with Crippen molar-refractivity contribution in [1.82, 2.24) is 0 Å². The van der Waals surface area contributed by atoms with Crippen molar-refractivity contribution in [3.8, 4) is 17.4 Å². The van der Waals surface area contributed by atoms with E-state index in [0.29, 0.717) is 11.6 Å². The van der Waals surface area contributed by atoms with Crippen LogP contribution in [0.4, 0.5) is 18.9 Å². The number of nitrogens with one attached hydrogen (secondary N) is 1. The van der Waals surface area contributed by atoms with Gasteiger partial charge in [0.1, 0.15) is 23.2 Å². The molecule has 3 rings (SSSR count). The molecular weight excluding hydrogens is 405 g/mol. The summed E-state index contributed by atoms with van der Waals surface area (Å²) in [5.74, 6) is 0.106. The normalized spacial score (nSPS) is 12.0. The van der Waals surface area contributed by atoms with Crippen molar-refractivity contribution < 1.29 is 22.4 Å². The molecule has 0 aliphatic carbocycles. The van der Waals surface area contributed by atoms with Gasteiger partial charge in [-0.1, -0.05) is 38.1 Å². The van der Waals surface area contributed by atoms with Crippen LogP contribution in [0, 0.1) is 11.3 Å². The van der Waals surface area contributed by atoms with Crippen LogP contribution < -0.4 is 5.32 Å². The summed E-state index contributed by atoms with van der Waals surface area (Å²) in [5.41, 5.74) is 0.908. The third kappa shape index (κ3) is 5.43. The Balaban J connectivity index is 1.78. The average Bonchev–Trinajstić information content (AvgIpc) is 3.20. The first-order valence-electron chi connectivity index (χ1n) is 9.48. The number of nitriles is 1. The van der Waals surface area contributed by atoms with Crippen molar-refractivity contribution in [3.05, 3.63) is 83.1 Å². The fourth-order valence-electron chi connectivity index (χ4n) is 2.87. The number of alkyl halides is 3. The zero-order valence-corrected chi connectivity index (χ0v) is 16.8. The van der Waals surface area contributed by atoms with Crippen molar-refractivity contribution in [2.24, 2.45) is 0 Å². The van der Waals surface area contributed by atoms with Crippen molar-refractivity contribution in [1.29, 1.82) is 5.26 Å². The number of halogens is 3. The van der Waals surface area contributed by atoms with E-state index in [-0.39, 0.29) is 22.7 Å². The second-order valence-electron chi connectivity index (χ2n) is 7.18. The molecule has 0 fully saturated rings. The van der Waals surface area contributed by atoms with Gasteiger partial charge < -0.3 is 9.73 Å². The summed E-state index contributed by atoms with van der Waals surface area (Å²) in [6.45, 7) is 4.11. The lowest BCUT2D eigenvalue weighted by atomic mass is 10.0. The van der Waals surface area contributed by atoms with Gasteiger partial charge in [0.15, 0.2) is 0 Å². The lowest BCUT2D eigenvalue weighted by Gasteiger charge is -2.08. The Morgan fingerprint density at radius 1 is 1.10 bits per heavy atom. The summed E-state index contributed by atoms with van der Waals surface area (Å²) >= 11 is 0. The summed E-state index contributed by atoms with van der Waals surface area (Å²) < 4.78 is 44.3. The number of anilines is 1. The van der Waals surface area contributed by atoms with Gasteiger partial charge in [-0.15, -0.1) is 0 Å². The highest BCUT2D eigenvalue weighted by Crippen LogP contribution is 2.33. The molecule has 7 heteroatoms. The van der Waals surface area contributed by atoms with E-state index in [4.69, 9.17) is 4.42 Å². The van der Waals surface area contributed by atoms with Crippen molar-refractivity contribution >= 4 is 17.7 Å². The molecule has 1 aromatic heterocycles. The van der Waals surface area contributed by atoms with E-state index in [0.717, 1.165) is 17.7 Å². The van der Waals surface area contributed by atoms with E-state index in [2.05, 4.69) is 19.2 Å². The average molecular weight is 424 g/mol. The molecule has 0 unspecified atom stereocenters. The van der Waals surface area contributed by atoms with Crippen molar-refractivity contribution in [2.75, 3.05) is 5.32 Å². The Morgan fingerprint density at radius 2 is 1.81 bits per heavy atom. The number of furan rings is 1. The molecule has 3 aromatic rings. The molecule has 0 aliphatic rings. The molecule has 4 nitrogen and oxygen atoms in total. The molecule has 0 radical (unpaired) electrons. The number of carbonyl (C=O) groups excluding carboxylic acids is 1. The second-order valence-corrected chi connectivity index (χ2v) is 7.18. The molecule has 31 heavy (non-hydrogen) atoms. The van der Waals surface area contributed by atoms with Crippen LogP contribution in [0.5, 0.6) is 0 Å². The monoisotopic (exact) mass is 424 g/mol. The van der Waals surface area contributed by atoms with Gasteiger partial charge in [0.25, 0.3) is 5.91 Å². The minimum atomic E-state index is -4.47. The van der Waals surface area contributed by atoms with Crippen LogP contribution in [-0.2, 0) is 11.0 Å². The maximum absolute atomic E-state index is 12.9. The van der Waals surface area contributed by atoms with Crippen LogP contribution in [0.3, 0.4) is 0 Å². The smallest absolute Gasteiger partial charge is 0.416 e. The molecule has 0 saturated carbocycles. The minimum Gasteiger partial charge on any atom is -0.457 e. The Hall–Kier alpha value is -3.79. The SMILES string of the molecule is CC(C)c1ccc(NC(=O)C(C#N)=Cc2ccc(-c3cccc(C(F)(F)F)c3)o2)cc1. The summed E-state index contributed by atoms with van der Waals surface area (Å²) in [7, 11) is 0. The Kier molecular flexibility index (Phi) is 6.30. The summed E-state index contributed by atoms with van der Waals surface area (Å²) in [4.78, 5) is 12.4. The predicted molar refractivity (Wildman–Crippen MR) is 112 cm³/mol. The summed E-state index contributed by atoms with van der Waals surface area (Å²) in [6, 6.07) is 16.8. The number of carbonyl (C=O) groups is 1. The number of hydrogen-bond acceptors (Lipinski definition) is 3. The maximum Gasteiger partial charge on any atom is 0.416 e. The van der Waals surface area contributed by atoms with Crippen LogP contribution in [-0.4, -0.2) is 5.91 Å². The number of hydrogen-bond donors (Lipinski definition) is 1. The Morgan fingerprint density at radius 3 is 2.42 bits per heavy atom. The number of benzene rings is 2. The third-order valence-electron chi connectivity index (χ3n) is 4.59. The highest BCUT2D eigenvalue weighted by atomic mass is 19.4. The molecule has 1 amide bonds. The fraction of sp³-hybridized carbons (Fsp3) is 0.167. The standard InChI is InChI=1S/C24H19F3N2O2/c1-15(2)16-6-8-20(9-7-16)29-23(30)18(14-28)13-21-10-11-22(31-21)17-4-3-5-19(12-17)24(25,26)27/h3-13,15H,1-2H3,(H,29,30). The minimum absolute atomic E-state index is 0.175. The highest BCUT2D eigenvalue weighted by molar-refractivity contribution is 6.09. The molecule has 158 valence electrons. The second kappa shape index (κ2) is 8.92. The zero-order valence-electron chi connectivity index (χ0n) is 16.8. The molecule has 2 aromatic carbocycles. The Bertz CT molecular complexity index is 1150. The lowest BCUT2D eigenvalue weighted by molar-refractivity contribution is -0.137. The maximum atomic E-state index is 12.9. The molecule has 1 heterocycles. The number of nitrogens with zero attached hydrogens (tertiary/aromatic N) is 1. The summed E-state index contributed by atoms with van der Waals surface area (Å²) in [6.07, 6.45) is -3.22. The van der Waals surface area contributed by atoms with E-state index in [9.17, 15) is 23.2 Å². The zero-order chi connectivity index (χ0) is 22.6. The van der Waals surface area contributed by atoms with Crippen LogP contribution in [0.2, 0.25) is 0 Å². The molecule has 0 spiro atoms. The van der Waals surface area contributed by atoms with Gasteiger partial charge in [0.05, 0.1) is 5.56 Å². The molecular formula is C24H19F3N2O2. The van der Waals surface area contributed by atoms with Crippen LogP contribution in [0.15, 0.2) is 70.7 Å². The first kappa shape index (κ1) is 21.9. The number of rotatable bonds is 5. The van der Waals surface area contributed by atoms with Gasteiger partial charge in [-0.05, 0) is 47.9 Å². The first-order chi connectivity index (χ1) is 14.7. The van der Waals surface area contributed by atoms with Crippen LogP contribution in [0.1, 0.15) is 36.7 Å². The van der Waals surface area contributed by atoms with Gasteiger partial charge in [-0.3, -0.25) is 4.79 Å². The van der Waals surface area contributed by atoms with Crippen LogP contribution in [0.25, 0.3) is 17.4 Å². The van der Waals surface area contributed by atoms with E-state index < -0.39 is 17.6 Å². The summed E-state index contributed by atoms with van der Waals surface area (Å²) in [5, 5.41) is 12.0. The van der Waals surface area contributed by atoms with E-state index in [1.54, 1.807) is 12.1 Å². The number of amides is 1. The topological polar surface area (TPSA) is 66.0 Å². The van der Waals surface area contributed by atoms with E-state index in [1.807, 2.05) is 18.2 Å². The van der Waals surface area contributed by atoms with Gasteiger partial charge in [0.2, 0.25) is 0 Å². The van der Waals surface area contributed by atoms with Gasteiger partial charge in [-0.2, -0.15) is 18.4 Å². The van der Waals surface area contributed by atoms with Gasteiger partial charge in [0, 0.05) is 17.3 Å². The lowest BCUT2D eigenvalue weighted by Crippen LogP contribution is -2.13. The predicted octanol–water partition coefficient (Wildman–Crippen LogP) is 6.63. The molecule has 0 bridgehead atoms. The molecule has 1 N–H and O–H groups in total. The van der Waals surface area contributed by atoms with E-state index in [1.165, 1.54) is 30.3 Å². The molecule has 0 saturated heterocycles. The van der Waals surface area contributed by atoms with Gasteiger partial charge >= 0.3 is 6.18 Å². The third-order valence-corrected chi connectivity index (χ3v) is 4.59. The highest BCUT2D eigenvalue weighted by Gasteiger charge is 2.30. The van der Waals surface area contributed by atoms with Gasteiger partial charge in [-0.25, -0.2) is 0 Å². The van der Waals surface area contributed by atoms with Crippen molar-refractivity contribution in [2.45, 2.75) is 25.9 Å². The van der Waals surface area contributed by atoms with Crippen LogP contribution >= 0.6 is 0 Å². The molecule has 0 aliphatic heterocycles. The van der Waals surface area contributed by atoms with E-state index >= 15 is 0 Å². The fourth-order valence-corrected chi connectivity index (χ4v) is 2.87. The largest absolute Gasteiger partial charge is 0.457 e. The first-order valence-corrected chi connectivity index (χ1v) is 9.48.